The van der Waals surface area contributed by atoms with Gasteiger partial charge in [0.25, 0.3) is 0 Å². The molecule has 0 aliphatic carbocycles. The predicted molar refractivity (Wildman–Crippen MR) is 71.2 cm³/mol. The number of benzene rings is 1. The van der Waals surface area contributed by atoms with Crippen LogP contribution in [0.2, 0.25) is 5.02 Å². The summed E-state index contributed by atoms with van der Waals surface area (Å²) in [5, 5.41) is 9.20. The van der Waals surface area contributed by atoms with E-state index < -0.39 is 22.0 Å². The van der Waals surface area contributed by atoms with Gasteiger partial charge in [-0.1, -0.05) is 18.5 Å². The van der Waals surface area contributed by atoms with E-state index in [2.05, 4.69) is 20.7 Å². The Balaban J connectivity index is 3.06. The van der Waals surface area contributed by atoms with Crippen LogP contribution in [-0.4, -0.2) is 25.5 Å². The Morgan fingerprint density at radius 3 is 2.61 bits per heavy atom. The minimum Gasteiger partial charge on any atom is -0.480 e. The molecule has 0 heterocycles. The van der Waals surface area contributed by atoms with Gasteiger partial charge in [-0.2, -0.15) is 4.72 Å². The predicted octanol–water partition coefficient (Wildman–Crippen LogP) is 2.24. The maximum Gasteiger partial charge on any atom is 0.321 e. The Kier molecular flexibility index (Phi) is 5.15. The molecule has 0 aliphatic rings. The van der Waals surface area contributed by atoms with E-state index in [0.717, 1.165) is 0 Å². The monoisotopic (exact) mass is 355 g/mol. The summed E-state index contributed by atoms with van der Waals surface area (Å²) in [6, 6.07) is 2.90. The molecule has 0 fully saturated rings. The van der Waals surface area contributed by atoms with Crippen molar-refractivity contribution in [2.24, 2.45) is 0 Å². The molecule has 0 bridgehead atoms. The van der Waals surface area contributed by atoms with Crippen LogP contribution in [0.3, 0.4) is 0 Å². The number of aliphatic carboxylic acids is 1. The summed E-state index contributed by atoms with van der Waals surface area (Å²) in [7, 11) is -3.88. The molecule has 1 atom stereocenters. The first kappa shape index (κ1) is 15.4. The van der Waals surface area contributed by atoms with Gasteiger partial charge in [0.15, 0.2) is 0 Å². The molecule has 0 spiro atoms. The van der Waals surface area contributed by atoms with Gasteiger partial charge in [0.2, 0.25) is 10.0 Å². The minimum atomic E-state index is -3.88. The zero-order valence-corrected chi connectivity index (χ0v) is 12.5. The molecule has 18 heavy (non-hydrogen) atoms. The van der Waals surface area contributed by atoms with Crippen molar-refractivity contribution in [2.75, 3.05) is 0 Å². The van der Waals surface area contributed by atoms with Crippen molar-refractivity contribution in [2.45, 2.75) is 24.3 Å². The lowest BCUT2D eigenvalue weighted by atomic mass is 10.2. The fourth-order valence-electron chi connectivity index (χ4n) is 1.21. The van der Waals surface area contributed by atoms with E-state index >= 15 is 0 Å². The molecule has 5 nitrogen and oxygen atoms in total. The molecule has 0 saturated carbocycles. The zero-order chi connectivity index (χ0) is 13.9. The fraction of sp³-hybridized carbons (Fsp3) is 0.300. The van der Waals surface area contributed by atoms with Crippen molar-refractivity contribution < 1.29 is 18.3 Å². The van der Waals surface area contributed by atoms with E-state index in [0.29, 0.717) is 9.50 Å². The molecule has 1 aromatic carbocycles. The van der Waals surface area contributed by atoms with E-state index in [4.69, 9.17) is 16.7 Å². The number of carbonyl (C=O) groups is 1. The van der Waals surface area contributed by atoms with Crippen molar-refractivity contribution >= 4 is 43.5 Å². The lowest BCUT2D eigenvalue weighted by Gasteiger charge is -2.13. The topological polar surface area (TPSA) is 83.5 Å². The third kappa shape index (κ3) is 3.68. The summed E-state index contributed by atoms with van der Waals surface area (Å²) >= 11 is 8.87. The Labute approximate surface area is 118 Å². The normalized spacial score (nSPS) is 13.3. The first-order valence-corrected chi connectivity index (χ1v) is 7.63. The number of halogens is 2. The summed E-state index contributed by atoms with van der Waals surface area (Å²) in [5.74, 6) is -1.21. The first-order chi connectivity index (χ1) is 8.27. The molecule has 0 amide bonds. The van der Waals surface area contributed by atoms with E-state index in [1.54, 1.807) is 6.92 Å². The van der Waals surface area contributed by atoms with Gasteiger partial charge >= 0.3 is 5.97 Å². The largest absolute Gasteiger partial charge is 0.480 e. The third-order valence-electron chi connectivity index (χ3n) is 2.21. The second kappa shape index (κ2) is 6.01. The molecule has 1 aromatic rings. The molecular weight excluding hydrogens is 346 g/mol. The van der Waals surface area contributed by atoms with Crippen LogP contribution < -0.4 is 4.72 Å². The molecule has 100 valence electrons. The van der Waals surface area contributed by atoms with Crippen LogP contribution in [0, 0.1) is 0 Å². The number of sulfonamides is 1. The van der Waals surface area contributed by atoms with Crippen molar-refractivity contribution in [3.05, 3.63) is 27.7 Å². The maximum absolute atomic E-state index is 11.9. The lowest BCUT2D eigenvalue weighted by Crippen LogP contribution is -2.40. The molecule has 0 aliphatic heterocycles. The zero-order valence-electron chi connectivity index (χ0n) is 9.35. The quantitative estimate of drug-likeness (QED) is 0.847. The molecule has 0 saturated heterocycles. The van der Waals surface area contributed by atoms with Crippen LogP contribution in [-0.2, 0) is 14.8 Å². The number of hydrogen-bond donors (Lipinski definition) is 2. The third-order valence-corrected chi connectivity index (χ3v) is 4.89. The van der Waals surface area contributed by atoms with E-state index in [1.165, 1.54) is 18.2 Å². The van der Waals surface area contributed by atoms with E-state index in [9.17, 15) is 13.2 Å². The molecular formula is C10H11BrClNO4S. The Morgan fingerprint density at radius 2 is 2.17 bits per heavy atom. The number of hydrogen-bond acceptors (Lipinski definition) is 3. The minimum absolute atomic E-state index is 0.0431. The number of carboxylic acids is 1. The molecule has 0 aromatic heterocycles. The second-order valence-electron chi connectivity index (χ2n) is 3.50. The van der Waals surface area contributed by atoms with Gasteiger partial charge in [-0.3, -0.25) is 4.79 Å². The molecule has 0 radical (unpaired) electrons. The van der Waals surface area contributed by atoms with E-state index in [-0.39, 0.29) is 11.3 Å². The van der Waals surface area contributed by atoms with Gasteiger partial charge in [-0.05, 0) is 40.5 Å². The average molecular weight is 357 g/mol. The Hall–Kier alpha value is -0.630. The van der Waals surface area contributed by atoms with Gasteiger partial charge < -0.3 is 5.11 Å². The van der Waals surface area contributed by atoms with Crippen molar-refractivity contribution in [1.29, 1.82) is 0 Å². The highest BCUT2D eigenvalue weighted by Gasteiger charge is 2.24. The fourth-order valence-corrected chi connectivity index (χ4v) is 3.15. The number of rotatable bonds is 5. The van der Waals surface area contributed by atoms with Crippen molar-refractivity contribution in [3.63, 3.8) is 0 Å². The molecule has 1 rings (SSSR count). The lowest BCUT2D eigenvalue weighted by molar-refractivity contribution is -0.139. The first-order valence-electron chi connectivity index (χ1n) is 4.98. The molecule has 8 heteroatoms. The highest BCUT2D eigenvalue weighted by molar-refractivity contribution is 9.10. The van der Waals surface area contributed by atoms with Crippen LogP contribution in [0.1, 0.15) is 13.3 Å². The summed E-state index contributed by atoms with van der Waals surface area (Å²) in [4.78, 5) is 10.8. The summed E-state index contributed by atoms with van der Waals surface area (Å²) in [6.07, 6.45) is 0.156. The summed E-state index contributed by atoms with van der Waals surface area (Å²) in [6.45, 7) is 1.58. The van der Waals surface area contributed by atoms with Gasteiger partial charge in [-0.15, -0.1) is 0 Å². The number of carboxylic acid groups (broad SMARTS) is 1. The summed E-state index contributed by atoms with van der Waals surface area (Å²) in [5.41, 5.74) is 0. The van der Waals surface area contributed by atoms with Crippen LogP contribution in [0.25, 0.3) is 0 Å². The van der Waals surface area contributed by atoms with Gasteiger partial charge in [0.1, 0.15) is 6.04 Å². The van der Waals surface area contributed by atoms with Crippen LogP contribution in [0.4, 0.5) is 0 Å². The average Bonchev–Trinajstić information content (AvgIpc) is 2.29. The number of nitrogens with one attached hydrogen (secondary N) is 1. The SMILES string of the molecule is CC[C@H](NS(=O)(=O)c1ccc(Cl)c(Br)c1)C(=O)O. The standard InChI is InChI=1S/C10H11BrClNO4S/c1-2-9(10(14)15)13-18(16,17)6-3-4-8(12)7(11)5-6/h3-5,9,13H,2H2,1H3,(H,14,15)/t9-/m0/s1. The molecule has 2 N–H and O–H groups in total. The maximum atomic E-state index is 11.9. The Bertz CT molecular complexity index is 561. The Morgan fingerprint density at radius 1 is 1.56 bits per heavy atom. The van der Waals surface area contributed by atoms with Gasteiger partial charge in [0.05, 0.1) is 9.92 Å². The molecule has 0 unspecified atom stereocenters. The van der Waals surface area contributed by atoms with Gasteiger partial charge in [0, 0.05) is 4.47 Å². The van der Waals surface area contributed by atoms with Crippen molar-refractivity contribution in [3.8, 4) is 0 Å². The van der Waals surface area contributed by atoms with Gasteiger partial charge in [-0.25, -0.2) is 8.42 Å². The van der Waals surface area contributed by atoms with Crippen LogP contribution in [0.5, 0.6) is 0 Å². The highest BCUT2D eigenvalue weighted by Crippen LogP contribution is 2.25. The highest BCUT2D eigenvalue weighted by atomic mass is 79.9. The van der Waals surface area contributed by atoms with Crippen molar-refractivity contribution in [1.82, 2.24) is 4.72 Å². The van der Waals surface area contributed by atoms with E-state index in [1.807, 2.05) is 0 Å². The second-order valence-corrected chi connectivity index (χ2v) is 6.47. The summed E-state index contributed by atoms with van der Waals surface area (Å²) < 4.78 is 26.4. The van der Waals surface area contributed by atoms with Crippen LogP contribution >= 0.6 is 27.5 Å². The smallest absolute Gasteiger partial charge is 0.321 e. The van der Waals surface area contributed by atoms with Crippen LogP contribution in [0.15, 0.2) is 27.6 Å².